The van der Waals surface area contributed by atoms with E-state index in [0.29, 0.717) is 0 Å². The van der Waals surface area contributed by atoms with Crippen molar-refractivity contribution in [3.8, 4) is 6.07 Å². The van der Waals surface area contributed by atoms with Gasteiger partial charge in [-0.25, -0.2) is 4.79 Å². The minimum absolute atomic E-state index is 0.0175. The first-order valence-electron chi connectivity index (χ1n) is 7.09. The van der Waals surface area contributed by atoms with Gasteiger partial charge >= 0.3 is 12.1 Å². The summed E-state index contributed by atoms with van der Waals surface area (Å²) in [6, 6.07) is 5.25. The fraction of sp³-hybridized carbons (Fsp3) is 0.438. The zero-order chi connectivity index (χ0) is 18.3. The summed E-state index contributed by atoms with van der Waals surface area (Å²) in [6.45, 7) is 1.59. The normalized spacial score (nSPS) is 13.5. The summed E-state index contributed by atoms with van der Waals surface area (Å²) in [5, 5.41) is 11.1. The van der Waals surface area contributed by atoms with Crippen LogP contribution in [0.1, 0.15) is 24.5 Å². The van der Waals surface area contributed by atoms with Crippen LogP contribution in [-0.4, -0.2) is 25.0 Å². The number of carbonyl (C=O) groups is 2. The summed E-state index contributed by atoms with van der Waals surface area (Å²) in [4.78, 5) is 23.7. The van der Waals surface area contributed by atoms with E-state index in [2.05, 4.69) is 10.1 Å². The zero-order valence-corrected chi connectivity index (χ0v) is 13.2. The van der Waals surface area contributed by atoms with Crippen molar-refractivity contribution in [2.75, 3.05) is 7.11 Å². The number of hydrogen-bond acceptors (Lipinski definition) is 4. The summed E-state index contributed by atoms with van der Waals surface area (Å²) in [5.74, 6) is -1.84. The maximum absolute atomic E-state index is 12.7. The Morgan fingerprint density at radius 2 is 2.04 bits per heavy atom. The van der Waals surface area contributed by atoms with Crippen molar-refractivity contribution >= 4 is 11.9 Å². The van der Waals surface area contributed by atoms with Gasteiger partial charge < -0.3 is 10.1 Å². The first kappa shape index (κ1) is 19.5. The SMILES string of the molecule is COC(=O)[C@@H](NC(=O)Cc1cccc(C(F)(F)F)c1)[C@@H](C)CC#N. The lowest BCUT2D eigenvalue weighted by molar-refractivity contribution is -0.146. The summed E-state index contributed by atoms with van der Waals surface area (Å²) in [7, 11) is 1.15. The quantitative estimate of drug-likeness (QED) is 0.806. The molecule has 0 aromatic heterocycles. The van der Waals surface area contributed by atoms with Crippen molar-refractivity contribution < 1.29 is 27.5 Å². The second-order valence-corrected chi connectivity index (χ2v) is 5.28. The van der Waals surface area contributed by atoms with Gasteiger partial charge in [0.05, 0.1) is 25.2 Å². The average Bonchev–Trinajstić information content (AvgIpc) is 2.51. The van der Waals surface area contributed by atoms with E-state index in [1.165, 1.54) is 12.1 Å². The molecule has 0 aliphatic carbocycles. The molecule has 0 heterocycles. The number of alkyl halides is 3. The third-order valence-electron chi connectivity index (χ3n) is 3.37. The molecule has 1 N–H and O–H groups in total. The maximum Gasteiger partial charge on any atom is 0.416 e. The number of hydrogen-bond donors (Lipinski definition) is 1. The lowest BCUT2D eigenvalue weighted by atomic mass is 9.98. The van der Waals surface area contributed by atoms with Crippen LogP contribution >= 0.6 is 0 Å². The lowest BCUT2D eigenvalue weighted by Gasteiger charge is -2.21. The molecule has 0 aliphatic rings. The van der Waals surface area contributed by atoms with Crippen LogP contribution in [0.4, 0.5) is 13.2 Å². The van der Waals surface area contributed by atoms with Gasteiger partial charge in [-0.2, -0.15) is 18.4 Å². The number of esters is 1. The van der Waals surface area contributed by atoms with E-state index < -0.39 is 35.6 Å². The molecule has 130 valence electrons. The third-order valence-corrected chi connectivity index (χ3v) is 3.37. The van der Waals surface area contributed by atoms with Crippen LogP contribution in [0, 0.1) is 17.2 Å². The number of amides is 1. The molecule has 1 amide bonds. The predicted octanol–water partition coefficient (Wildman–Crippen LogP) is 2.46. The van der Waals surface area contributed by atoms with Gasteiger partial charge in [0, 0.05) is 12.3 Å². The maximum atomic E-state index is 12.7. The number of nitrogens with one attached hydrogen (secondary N) is 1. The summed E-state index contributed by atoms with van der Waals surface area (Å²) < 4.78 is 42.6. The van der Waals surface area contributed by atoms with E-state index in [1.807, 2.05) is 6.07 Å². The molecule has 0 spiro atoms. The Morgan fingerprint density at radius 3 is 2.58 bits per heavy atom. The highest BCUT2D eigenvalue weighted by Gasteiger charge is 2.31. The molecule has 0 unspecified atom stereocenters. The molecule has 0 bridgehead atoms. The van der Waals surface area contributed by atoms with Crippen LogP contribution in [-0.2, 0) is 26.9 Å². The lowest BCUT2D eigenvalue weighted by Crippen LogP contribution is -2.46. The fourth-order valence-corrected chi connectivity index (χ4v) is 2.09. The van der Waals surface area contributed by atoms with Crippen molar-refractivity contribution in [2.24, 2.45) is 5.92 Å². The zero-order valence-electron chi connectivity index (χ0n) is 13.2. The highest BCUT2D eigenvalue weighted by atomic mass is 19.4. The Kier molecular flexibility index (Phi) is 6.77. The van der Waals surface area contributed by atoms with Crippen LogP contribution in [0.15, 0.2) is 24.3 Å². The van der Waals surface area contributed by atoms with E-state index in [4.69, 9.17) is 5.26 Å². The van der Waals surface area contributed by atoms with Gasteiger partial charge in [-0.05, 0) is 11.6 Å². The molecular weight excluding hydrogens is 325 g/mol. The number of carbonyl (C=O) groups excluding carboxylic acids is 2. The van der Waals surface area contributed by atoms with Crippen molar-refractivity contribution in [2.45, 2.75) is 32.0 Å². The Hall–Kier alpha value is -2.56. The smallest absolute Gasteiger partial charge is 0.416 e. The number of ether oxygens (including phenoxy) is 1. The Morgan fingerprint density at radius 1 is 1.38 bits per heavy atom. The summed E-state index contributed by atoms with van der Waals surface area (Å²) in [5.41, 5.74) is -0.686. The monoisotopic (exact) mass is 342 g/mol. The third kappa shape index (κ3) is 5.57. The van der Waals surface area contributed by atoms with Crippen LogP contribution in [0.3, 0.4) is 0 Å². The van der Waals surface area contributed by atoms with E-state index >= 15 is 0 Å². The van der Waals surface area contributed by atoms with E-state index in [9.17, 15) is 22.8 Å². The molecule has 5 nitrogen and oxygen atoms in total. The largest absolute Gasteiger partial charge is 0.467 e. The second-order valence-electron chi connectivity index (χ2n) is 5.28. The topological polar surface area (TPSA) is 79.2 Å². The Labute approximate surface area is 137 Å². The van der Waals surface area contributed by atoms with Gasteiger partial charge in [-0.15, -0.1) is 0 Å². The van der Waals surface area contributed by atoms with Crippen LogP contribution < -0.4 is 5.32 Å². The van der Waals surface area contributed by atoms with Gasteiger partial charge in [0.2, 0.25) is 5.91 Å². The number of nitrogens with zero attached hydrogens (tertiary/aromatic N) is 1. The summed E-state index contributed by atoms with van der Waals surface area (Å²) in [6.07, 6.45) is -4.80. The molecule has 8 heteroatoms. The molecule has 2 atom stereocenters. The van der Waals surface area contributed by atoms with E-state index in [-0.39, 0.29) is 18.4 Å². The number of benzene rings is 1. The number of halogens is 3. The van der Waals surface area contributed by atoms with E-state index in [1.54, 1.807) is 6.92 Å². The molecule has 0 saturated heterocycles. The van der Waals surface area contributed by atoms with Gasteiger partial charge in [-0.3, -0.25) is 4.79 Å². The van der Waals surface area contributed by atoms with Gasteiger partial charge in [0.1, 0.15) is 6.04 Å². The molecule has 0 aliphatic heterocycles. The summed E-state index contributed by atoms with van der Waals surface area (Å²) >= 11 is 0. The van der Waals surface area contributed by atoms with Crippen molar-refractivity contribution in [1.82, 2.24) is 5.32 Å². The molecule has 1 rings (SSSR count). The predicted molar refractivity (Wildman–Crippen MR) is 78.5 cm³/mol. The fourth-order valence-electron chi connectivity index (χ4n) is 2.09. The van der Waals surface area contributed by atoms with Crippen molar-refractivity contribution in [1.29, 1.82) is 5.26 Å². The number of nitriles is 1. The molecule has 0 radical (unpaired) electrons. The van der Waals surface area contributed by atoms with Gasteiger partial charge in [-0.1, -0.05) is 25.1 Å². The Bertz CT molecular complexity index is 638. The number of methoxy groups -OCH3 is 1. The van der Waals surface area contributed by atoms with Crippen molar-refractivity contribution in [3.63, 3.8) is 0 Å². The minimum Gasteiger partial charge on any atom is -0.467 e. The number of rotatable bonds is 6. The second kappa shape index (κ2) is 8.34. The molecule has 0 fully saturated rings. The van der Waals surface area contributed by atoms with Crippen LogP contribution in [0.25, 0.3) is 0 Å². The van der Waals surface area contributed by atoms with Gasteiger partial charge in [0.25, 0.3) is 0 Å². The first-order chi connectivity index (χ1) is 11.2. The highest BCUT2D eigenvalue weighted by molar-refractivity contribution is 5.85. The van der Waals surface area contributed by atoms with Crippen LogP contribution in [0.2, 0.25) is 0 Å². The van der Waals surface area contributed by atoms with Gasteiger partial charge in [0.15, 0.2) is 0 Å². The van der Waals surface area contributed by atoms with Crippen LogP contribution in [0.5, 0.6) is 0 Å². The molecule has 0 saturated carbocycles. The average molecular weight is 342 g/mol. The molecular formula is C16H17F3N2O3. The van der Waals surface area contributed by atoms with Crippen molar-refractivity contribution in [3.05, 3.63) is 35.4 Å². The van der Waals surface area contributed by atoms with E-state index in [0.717, 1.165) is 19.2 Å². The molecule has 1 aromatic carbocycles. The Balaban J connectivity index is 2.83. The highest BCUT2D eigenvalue weighted by Crippen LogP contribution is 2.29. The standard InChI is InChI=1S/C16H17F3N2O3/c1-10(6-7-20)14(15(23)24-2)21-13(22)9-11-4-3-5-12(8-11)16(17,18)19/h3-5,8,10,14H,6,9H2,1-2H3,(H,21,22)/t10-,14-/m0/s1. The first-order valence-corrected chi connectivity index (χ1v) is 7.09. The minimum atomic E-state index is -4.50. The molecule has 24 heavy (non-hydrogen) atoms. The molecule has 1 aromatic rings.